The molecular formula is C16H11NO. The van der Waals surface area contributed by atoms with Crippen molar-refractivity contribution in [3.63, 3.8) is 0 Å². The second-order valence-corrected chi connectivity index (χ2v) is 3.82. The third kappa shape index (κ3) is 2.72. The smallest absolute Gasteiger partial charge is 0.150 e. The van der Waals surface area contributed by atoms with E-state index in [0.717, 1.165) is 17.4 Å². The molecule has 18 heavy (non-hydrogen) atoms. The molecule has 0 fully saturated rings. The van der Waals surface area contributed by atoms with Crippen molar-refractivity contribution >= 4 is 17.9 Å². The highest BCUT2D eigenvalue weighted by Crippen LogP contribution is 2.17. The normalized spacial score (nSPS) is 10.7. The van der Waals surface area contributed by atoms with Gasteiger partial charge in [-0.05, 0) is 17.2 Å². The van der Waals surface area contributed by atoms with Crippen LogP contribution in [0, 0.1) is 11.3 Å². The number of allylic oxidation sites excluding steroid dienone is 1. The van der Waals surface area contributed by atoms with Crippen molar-refractivity contribution in [3.05, 3.63) is 71.3 Å². The van der Waals surface area contributed by atoms with Gasteiger partial charge in [0, 0.05) is 5.56 Å². The summed E-state index contributed by atoms with van der Waals surface area (Å²) in [4.78, 5) is 10.6. The van der Waals surface area contributed by atoms with Crippen LogP contribution >= 0.6 is 0 Å². The van der Waals surface area contributed by atoms with E-state index < -0.39 is 0 Å². The van der Waals surface area contributed by atoms with Crippen LogP contribution in [-0.4, -0.2) is 6.29 Å². The zero-order chi connectivity index (χ0) is 12.8. The number of nitriles is 1. The Balaban J connectivity index is 2.37. The molecule has 0 aliphatic rings. The lowest BCUT2D eigenvalue weighted by Crippen LogP contribution is -1.84. The van der Waals surface area contributed by atoms with Gasteiger partial charge in [-0.2, -0.15) is 5.26 Å². The van der Waals surface area contributed by atoms with Crippen LogP contribution in [0.5, 0.6) is 0 Å². The number of benzene rings is 2. The molecule has 2 aromatic carbocycles. The van der Waals surface area contributed by atoms with Crippen LogP contribution in [-0.2, 0) is 0 Å². The summed E-state index contributed by atoms with van der Waals surface area (Å²) in [5.74, 6) is 0. The van der Waals surface area contributed by atoms with Gasteiger partial charge in [-0.1, -0.05) is 54.6 Å². The fourth-order valence-electron chi connectivity index (χ4n) is 1.64. The van der Waals surface area contributed by atoms with E-state index in [0.29, 0.717) is 11.1 Å². The summed E-state index contributed by atoms with van der Waals surface area (Å²) in [5.41, 5.74) is 2.98. The molecule has 0 aliphatic heterocycles. The summed E-state index contributed by atoms with van der Waals surface area (Å²) in [6.45, 7) is 0. The predicted molar refractivity (Wildman–Crippen MR) is 71.8 cm³/mol. The minimum Gasteiger partial charge on any atom is -0.298 e. The second kappa shape index (κ2) is 5.60. The first-order valence-corrected chi connectivity index (χ1v) is 5.56. The number of nitrogens with zero attached hydrogens (tertiary/aromatic N) is 1. The summed E-state index contributed by atoms with van der Waals surface area (Å²) >= 11 is 0. The Kier molecular flexibility index (Phi) is 3.68. The first-order chi connectivity index (χ1) is 8.83. The second-order valence-electron chi connectivity index (χ2n) is 3.82. The fraction of sp³-hybridized carbons (Fsp3) is 0. The van der Waals surface area contributed by atoms with Gasteiger partial charge in [0.25, 0.3) is 0 Å². The molecule has 0 aromatic heterocycles. The van der Waals surface area contributed by atoms with Crippen molar-refractivity contribution in [1.29, 1.82) is 5.26 Å². The molecule has 0 radical (unpaired) electrons. The van der Waals surface area contributed by atoms with Gasteiger partial charge in [0.2, 0.25) is 0 Å². The van der Waals surface area contributed by atoms with Crippen molar-refractivity contribution in [3.8, 4) is 6.07 Å². The van der Waals surface area contributed by atoms with Crippen LogP contribution in [0.15, 0.2) is 54.6 Å². The predicted octanol–water partition coefficient (Wildman–Crippen LogP) is 3.56. The van der Waals surface area contributed by atoms with E-state index >= 15 is 0 Å². The first-order valence-electron chi connectivity index (χ1n) is 5.56. The van der Waals surface area contributed by atoms with Gasteiger partial charge in [-0.25, -0.2) is 0 Å². The first kappa shape index (κ1) is 11.8. The van der Waals surface area contributed by atoms with E-state index in [4.69, 9.17) is 0 Å². The van der Waals surface area contributed by atoms with Crippen LogP contribution < -0.4 is 0 Å². The molecule has 2 rings (SSSR count). The Labute approximate surface area is 106 Å². The van der Waals surface area contributed by atoms with E-state index in [-0.39, 0.29) is 0 Å². The molecular weight excluding hydrogens is 222 g/mol. The third-order valence-electron chi connectivity index (χ3n) is 2.59. The highest BCUT2D eigenvalue weighted by atomic mass is 16.1. The van der Waals surface area contributed by atoms with Crippen molar-refractivity contribution in [2.75, 3.05) is 0 Å². The van der Waals surface area contributed by atoms with Crippen molar-refractivity contribution < 1.29 is 4.79 Å². The Morgan fingerprint density at radius 2 is 1.61 bits per heavy atom. The lowest BCUT2D eigenvalue weighted by molar-refractivity contribution is 0.112. The van der Waals surface area contributed by atoms with Crippen LogP contribution in [0.25, 0.3) is 11.6 Å². The van der Waals surface area contributed by atoms with Gasteiger partial charge in [0.05, 0.1) is 11.6 Å². The SMILES string of the molecule is N#C/C(=C/c1ccccc1)c1ccc(C=O)cc1. The monoisotopic (exact) mass is 233 g/mol. The maximum absolute atomic E-state index is 10.6. The van der Waals surface area contributed by atoms with E-state index in [2.05, 4.69) is 6.07 Å². The Hall–Kier alpha value is -2.66. The molecule has 0 heterocycles. The molecule has 0 atom stereocenters. The molecule has 0 unspecified atom stereocenters. The largest absolute Gasteiger partial charge is 0.298 e. The standard InChI is InChI=1S/C16H11NO/c17-11-16(10-13-4-2-1-3-5-13)15-8-6-14(12-18)7-9-15/h1-10,12H/b16-10-. The fourth-order valence-corrected chi connectivity index (χ4v) is 1.64. The highest BCUT2D eigenvalue weighted by molar-refractivity contribution is 5.90. The molecule has 0 saturated carbocycles. The summed E-state index contributed by atoms with van der Waals surface area (Å²) < 4.78 is 0. The maximum Gasteiger partial charge on any atom is 0.150 e. The molecule has 2 nitrogen and oxygen atoms in total. The molecule has 2 heteroatoms. The summed E-state index contributed by atoms with van der Waals surface area (Å²) in [5, 5.41) is 9.18. The number of hydrogen-bond donors (Lipinski definition) is 0. The molecule has 0 aliphatic carbocycles. The molecule has 0 spiro atoms. The zero-order valence-corrected chi connectivity index (χ0v) is 9.71. The molecule has 0 saturated heterocycles. The number of aldehydes is 1. The molecule has 0 bridgehead atoms. The van der Waals surface area contributed by atoms with Crippen molar-refractivity contribution in [1.82, 2.24) is 0 Å². The van der Waals surface area contributed by atoms with E-state index in [1.165, 1.54) is 0 Å². The number of carbonyl (C=O) groups excluding carboxylic acids is 1. The Bertz CT molecular complexity index is 604. The average Bonchev–Trinajstić information content (AvgIpc) is 2.46. The maximum atomic E-state index is 10.6. The molecule has 86 valence electrons. The van der Waals surface area contributed by atoms with Gasteiger partial charge in [0.15, 0.2) is 0 Å². The lowest BCUT2D eigenvalue weighted by Gasteiger charge is -2.00. The molecule has 0 amide bonds. The number of rotatable bonds is 3. The van der Waals surface area contributed by atoms with Crippen LogP contribution in [0.3, 0.4) is 0 Å². The zero-order valence-electron chi connectivity index (χ0n) is 9.71. The average molecular weight is 233 g/mol. The minimum absolute atomic E-state index is 0.582. The van der Waals surface area contributed by atoms with Crippen LogP contribution in [0.4, 0.5) is 0 Å². The molecule has 2 aromatic rings. The van der Waals surface area contributed by atoms with Gasteiger partial charge in [0.1, 0.15) is 6.29 Å². The number of hydrogen-bond acceptors (Lipinski definition) is 2. The summed E-state index contributed by atoms with van der Waals surface area (Å²) in [7, 11) is 0. The van der Waals surface area contributed by atoms with Crippen molar-refractivity contribution in [2.24, 2.45) is 0 Å². The topological polar surface area (TPSA) is 40.9 Å². The van der Waals surface area contributed by atoms with Crippen molar-refractivity contribution in [2.45, 2.75) is 0 Å². The van der Waals surface area contributed by atoms with E-state index in [9.17, 15) is 10.1 Å². The van der Waals surface area contributed by atoms with Gasteiger partial charge >= 0.3 is 0 Å². The van der Waals surface area contributed by atoms with Crippen LogP contribution in [0.2, 0.25) is 0 Å². The Morgan fingerprint density at radius 1 is 0.944 bits per heavy atom. The van der Waals surface area contributed by atoms with Gasteiger partial charge in [-0.15, -0.1) is 0 Å². The molecule has 0 N–H and O–H groups in total. The van der Waals surface area contributed by atoms with Gasteiger partial charge in [-0.3, -0.25) is 4.79 Å². The van der Waals surface area contributed by atoms with E-state index in [1.54, 1.807) is 24.3 Å². The highest BCUT2D eigenvalue weighted by Gasteiger charge is 2.00. The quantitative estimate of drug-likeness (QED) is 0.462. The third-order valence-corrected chi connectivity index (χ3v) is 2.59. The summed E-state index contributed by atoms with van der Waals surface area (Å²) in [6, 6.07) is 18.8. The lowest BCUT2D eigenvalue weighted by atomic mass is 10.0. The minimum atomic E-state index is 0.582. The summed E-state index contributed by atoms with van der Waals surface area (Å²) in [6.07, 6.45) is 2.62. The van der Waals surface area contributed by atoms with Gasteiger partial charge < -0.3 is 0 Å². The number of carbonyl (C=O) groups is 1. The van der Waals surface area contributed by atoms with E-state index in [1.807, 2.05) is 36.4 Å². The van der Waals surface area contributed by atoms with Crippen LogP contribution in [0.1, 0.15) is 21.5 Å². The Morgan fingerprint density at radius 3 is 2.17 bits per heavy atom.